The number of carbonyl (C=O) groups excluding carboxylic acids is 3. The molecule has 6 atom stereocenters. The Hall–Kier alpha value is -3.59. The van der Waals surface area contributed by atoms with Gasteiger partial charge in [-0.2, -0.15) is 4.98 Å². The quantitative estimate of drug-likeness (QED) is 0.278. The van der Waals surface area contributed by atoms with E-state index in [9.17, 15) is 23.6 Å². The molecule has 15 heteroatoms. The Morgan fingerprint density at radius 3 is 2.75 bits per heavy atom. The zero-order valence-electron chi connectivity index (χ0n) is 20.0. The van der Waals surface area contributed by atoms with Crippen molar-refractivity contribution in [1.29, 1.82) is 0 Å². The predicted molar refractivity (Wildman–Crippen MR) is 121 cm³/mol. The maximum atomic E-state index is 14.7. The number of nitrogens with zero attached hydrogens (tertiary/aromatic N) is 3. The third kappa shape index (κ3) is 5.96. The first-order valence-corrected chi connectivity index (χ1v) is 11.3. The molecule has 0 amide bonds. The van der Waals surface area contributed by atoms with Gasteiger partial charge in [0.2, 0.25) is 12.1 Å². The molecule has 0 aliphatic carbocycles. The van der Waals surface area contributed by atoms with Gasteiger partial charge in [-0.25, -0.2) is 14.2 Å². The minimum atomic E-state index is -1.63. The van der Waals surface area contributed by atoms with Crippen molar-refractivity contribution in [3.63, 3.8) is 0 Å². The number of carbonyl (C=O) groups is 3. The molecule has 1 fully saturated rings. The number of anilines is 1. The average molecular weight is 512 g/mol. The van der Waals surface area contributed by atoms with E-state index in [-0.39, 0.29) is 29.5 Å². The Morgan fingerprint density at radius 2 is 2.08 bits per heavy atom. The van der Waals surface area contributed by atoms with Crippen LogP contribution in [0.3, 0.4) is 0 Å². The van der Waals surface area contributed by atoms with Gasteiger partial charge in [-0.05, 0) is 5.92 Å². The molecule has 14 nitrogen and oxygen atoms in total. The summed E-state index contributed by atoms with van der Waals surface area (Å²) in [6.45, 7) is 3.03. The van der Waals surface area contributed by atoms with Crippen molar-refractivity contribution in [3.05, 3.63) is 16.7 Å². The summed E-state index contributed by atoms with van der Waals surface area (Å²) in [6.07, 6.45) is -4.18. The fourth-order valence-corrected chi connectivity index (χ4v) is 3.53. The smallest absolute Gasteiger partial charge is 0.348 e. The van der Waals surface area contributed by atoms with Gasteiger partial charge in [0.15, 0.2) is 11.2 Å². The lowest BCUT2D eigenvalue weighted by molar-refractivity contribution is -0.175. The van der Waals surface area contributed by atoms with E-state index in [0.29, 0.717) is 6.42 Å². The van der Waals surface area contributed by atoms with Crippen LogP contribution in [0.15, 0.2) is 11.1 Å². The first-order chi connectivity index (χ1) is 17.0. The summed E-state index contributed by atoms with van der Waals surface area (Å²) in [5, 5.41) is 0. The molecular weight excluding hydrogens is 483 g/mol. The van der Waals surface area contributed by atoms with E-state index in [1.165, 1.54) is 10.9 Å². The zero-order valence-corrected chi connectivity index (χ0v) is 20.0. The van der Waals surface area contributed by atoms with E-state index in [1.807, 2.05) is 6.92 Å². The van der Waals surface area contributed by atoms with Crippen LogP contribution < -0.4 is 17.0 Å². The molecule has 2 aromatic heterocycles. The van der Waals surface area contributed by atoms with Gasteiger partial charge in [0.25, 0.3) is 5.56 Å². The lowest BCUT2D eigenvalue weighted by Gasteiger charge is -2.22. The number of aromatic amines is 1. The lowest BCUT2D eigenvalue weighted by atomic mass is 10.0. The number of rotatable bonds is 10. The number of hydrogen-bond acceptors (Lipinski definition) is 12. The molecule has 198 valence electrons. The number of esters is 3. The number of imidazole rings is 1. The van der Waals surface area contributed by atoms with E-state index < -0.39 is 67.1 Å². The molecule has 3 rings (SSSR count). The van der Waals surface area contributed by atoms with Crippen molar-refractivity contribution in [1.82, 2.24) is 19.5 Å². The number of alkyl halides is 1. The Kier molecular flexibility index (Phi) is 8.57. The highest BCUT2D eigenvalue weighted by atomic mass is 19.1. The standard InChI is InChI=1S/C21H29FN6O8/c1-4-9(2)15(23)20(32)36-11(6-14(29)33-3)19(31)34-7-12-10(22)5-13(35-12)28-8-25-16-17(28)26-21(24)27-18(16)30/h8-13,15H,4-7,23H2,1-3H3,(H3,24,26,27,30)/t9-,10-,11?,12+,13+,15-/m0/s1. The molecule has 1 aliphatic heterocycles. The topological polar surface area (TPSA) is 204 Å². The summed E-state index contributed by atoms with van der Waals surface area (Å²) in [5.41, 5.74) is 11.0. The Balaban J connectivity index is 1.66. The fraction of sp³-hybridized carbons (Fsp3) is 0.619. The van der Waals surface area contributed by atoms with Crippen molar-refractivity contribution in [3.8, 4) is 0 Å². The Labute approximate surface area is 204 Å². The third-order valence-corrected chi connectivity index (χ3v) is 5.94. The van der Waals surface area contributed by atoms with Crippen molar-refractivity contribution in [2.75, 3.05) is 19.5 Å². The number of methoxy groups -OCH3 is 1. The minimum absolute atomic E-state index is 0.00107. The molecule has 1 unspecified atom stereocenters. The molecule has 5 N–H and O–H groups in total. The summed E-state index contributed by atoms with van der Waals surface area (Å²) in [6, 6.07) is -1.02. The highest BCUT2D eigenvalue weighted by molar-refractivity contribution is 5.85. The summed E-state index contributed by atoms with van der Waals surface area (Å²) in [4.78, 5) is 58.9. The lowest BCUT2D eigenvalue weighted by Crippen LogP contribution is -2.43. The predicted octanol–water partition coefficient (Wildman–Crippen LogP) is -0.281. The molecular formula is C21H29FN6O8. The molecule has 2 aromatic rings. The molecule has 0 bridgehead atoms. The van der Waals surface area contributed by atoms with E-state index in [2.05, 4.69) is 19.7 Å². The first kappa shape index (κ1) is 27.0. The number of nitrogen functional groups attached to an aromatic ring is 1. The van der Waals surface area contributed by atoms with E-state index >= 15 is 0 Å². The molecule has 0 radical (unpaired) electrons. The van der Waals surface area contributed by atoms with Gasteiger partial charge < -0.3 is 30.4 Å². The summed E-state index contributed by atoms with van der Waals surface area (Å²) < 4.78 is 36.5. The van der Waals surface area contributed by atoms with Crippen molar-refractivity contribution in [2.45, 2.75) is 63.8 Å². The van der Waals surface area contributed by atoms with Gasteiger partial charge in [-0.15, -0.1) is 0 Å². The van der Waals surface area contributed by atoms with Crippen molar-refractivity contribution < 1.29 is 37.7 Å². The van der Waals surface area contributed by atoms with Crippen LogP contribution in [0.4, 0.5) is 10.3 Å². The maximum absolute atomic E-state index is 14.7. The highest BCUT2D eigenvalue weighted by Gasteiger charge is 2.39. The largest absolute Gasteiger partial charge is 0.469 e. The van der Waals surface area contributed by atoms with Gasteiger partial charge in [-0.3, -0.25) is 23.9 Å². The van der Waals surface area contributed by atoms with Crippen LogP contribution in [0, 0.1) is 5.92 Å². The van der Waals surface area contributed by atoms with Crippen LogP contribution in [-0.4, -0.2) is 75.6 Å². The van der Waals surface area contributed by atoms with Crippen LogP contribution in [0.25, 0.3) is 11.2 Å². The molecule has 3 heterocycles. The maximum Gasteiger partial charge on any atom is 0.348 e. The number of H-pyrrole nitrogens is 1. The number of ether oxygens (including phenoxy) is 4. The van der Waals surface area contributed by atoms with Crippen LogP contribution in [-0.2, 0) is 33.3 Å². The van der Waals surface area contributed by atoms with Crippen LogP contribution >= 0.6 is 0 Å². The number of aromatic nitrogens is 4. The molecule has 1 saturated heterocycles. The second kappa shape index (κ2) is 11.4. The minimum Gasteiger partial charge on any atom is -0.469 e. The fourth-order valence-electron chi connectivity index (χ4n) is 3.53. The summed E-state index contributed by atoms with van der Waals surface area (Å²) >= 11 is 0. The molecule has 36 heavy (non-hydrogen) atoms. The van der Waals surface area contributed by atoms with Crippen molar-refractivity contribution in [2.24, 2.45) is 11.7 Å². The van der Waals surface area contributed by atoms with Crippen LogP contribution in [0.5, 0.6) is 0 Å². The van der Waals surface area contributed by atoms with Gasteiger partial charge in [0.1, 0.15) is 31.2 Å². The molecule has 0 saturated carbocycles. The number of nitrogens with one attached hydrogen (secondary N) is 1. The monoisotopic (exact) mass is 512 g/mol. The van der Waals surface area contributed by atoms with Crippen LogP contribution in [0.2, 0.25) is 0 Å². The zero-order chi connectivity index (χ0) is 26.6. The van der Waals surface area contributed by atoms with Gasteiger partial charge in [0, 0.05) is 6.42 Å². The van der Waals surface area contributed by atoms with Gasteiger partial charge in [-0.1, -0.05) is 20.3 Å². The van der Waals surface area contributed by atoms with E-state index in [1.54, 1.807) is 6.92 Å². The summed E-state index contributed by atoms with van der Waals surface area (Å²) in [5.74, 6) is -3.17. The van der Waals surface area contributed by atoms with Gasteiger partial charge in [0.05, 0.1) is 19.9 Å². The van der Waals surface area contributed by atoms with E-state index in [0.717, 1.165) is 7.11 Å². The normalized spacial score (nSPS) is 22.1. The molecule has 0 aromatic carbocycles. The number of nitrogens with two attached hydrogens (primary N) is 2. The number of hydrogen-bond donors (Lipinski definition) is 3. The van der Waals surface area contributed by atoms with Crippen LogP contribution in [0.1, 0.15) is 39.3 Å². The summed E-state index contributed by atoms with van der Waals surface area (Å²) in [7, 11) is 1.10. The van der Waals surface area contributed by atoms with Gasteiger partial charge >= 0.3 is 17.9 Å². The average Bonchev–Trinajstić information content (AvgIpc) is 3.43. The first-order valence-electron chi connectivity index (χ1n) is 11.3. The molecule has 1 aliphatic rings. The Bertz CT molecular complexity index is 1170. The number of fused-ring (bicyclic) bond motifs is 1. The molecule has 0 spiro atoms. The Morgan fingerprint density at radius 1 is 1.36 bits per heavy atom. The highest BCUT2D eigenvalue weighted by Crippen LogP contribution is 2.32. The van der Waals surface area contributed by atoms with Crippen molar-refractivity contribution >= 4 is 35.0 Å². The SMILES string of the molecule is CC[C@H](C)[C@H](N)C(=O)OC(CC(=O)OC)C(=O)OC[C@H]1O[C@@H](n2cnc3c(=O)[nH]c(N)nc32)C[C@@H]1F. The third-order valence-electron chi connectivity index (χ3n) is 5.94. The van der Waals surface area contributed by atoms with E-state index in [4.69, 9.17) is 25.7 Å². The second-order valence-corrected chi connectivity index (χ2v) is 8.40. The second-order valence-electron chi connectivity index (χ2n) is 8.40. The number of halogens is 1.